The summed E-state index contributed by atoms with van der Waals surface area (Å²) in [6.45, 7) is 2.11. The second kappa shape index (κ2) is 1.01. The Hall–Kier alpha value is -0.0800. The van der Waals surface area contributed by atoms with E-state index in [1.807, 2.05) is 0 Å². The van der Waals surface area contributed by atoms with Gasteiger partial charge in [0.2, 0.25) is 0 Å². The van der Waals surface area contributed by atoms with Crippen LogP contribution in [0.4, 0.5) is 0 Å². The molecule has 2 heterocycles. The highest BCUT2D eigenvalue weighted by molar-refractivity contribution is 4.94. The SMILES string of the molecule is CCC1OC2OC12. The molecule has 2 heteroatoms. The molecule has 0 aromatic carbocycles. The van der Waals surface area contributed by atoms with E-state index < -0.39 is 0 Å². The van der Waals surface area contributed by atoms with E-state index in [4.69, 9.17) is 9.47 Å². The van der Waals surface area contributed by atoms with Gasteiger partial charge in [0.05, 0.1) is 6.10 Å². The van der Waals surface area contributed by atoms with Crippen LogP contribution in [-0.2, 0) is 9.47 Å². The van der Waals surface area contributed by atoms with Crippen LogP contribution in [0.15, 0.2) is 0 Å². The molecular weight excluding hydrogens is 92.1 g/mol. The highest BCUT2D eigenvalue weighted by Crippen LogP contribution is 2.41. The summed E-state index contributed by atoms with van der Waals surface area (Å²) in [5.41, 5.74) is 0. The molecule has 0 aromatic rings. The Bertz CT molecular complexity index is 92.1. The molecule has 3 atom stereocenters. The number of epoxide rings is 1. The fourth-order valence-electron chi connectivity index (χ4n) is 0.971. The van der Waals surface area contributed by atoms with Crippen molar-refractivity contribution in [2.24, 2.45) is 0 Å². The number of ether oxygens (including phenoxy) is 2. The van der Waals surface area contributed by atoms with Crippen LogP contribution in [0.5, 0.6) is 0 Å². The van der Waals surface area contributed by atoms with Gasteiger partial charge in [0.1, 0.15) is 6.10 Å². The minimum Gasteiger partial charge on any atom is -0.344 e. The van der Waals surface area contributed by atoms with Gasteiger partial charge >= 0.3 is 0 Å². The molecule has 0 spiro atoms. The molecular formula is C5H8O2. The van der Waals surface area contributed by atoms with Crippen LogP contribution in [0, 0.1) is 0 Å². The summed E-state index contributed by atoms with van der Waals surface area (Å²) in [4.78, 5) is 0. The van der Waals surface area contributed by atoms with Gasteiger partial charge in [-0.2, -0.15) is 0 Å². The third kappa shape index (κ3) is 0.359. The van der Waals surface area contributed by atoms with Gasteiger partial charge in [-0.15, -0.1) is 0 Å². The molecule has 0 saturated carbocycles. The van der Waals surface area contributed by atoms with Crippen molar-refractivity contribution < 1.29 is 9.47 Å². The van der Waals surface area contributed by atoms with Crippen molar-refractivity contribution in [3.05, 3.63) is 0 Å². The summed E-state index contributed by atoms with van der Waals surface area (Å²) in [7, 11) is 0. The number of fused-ring (bicyclic) bond motifs is 1. The number of hydrogen-bond acceptors (Lipinski definition) is 2. The average molecular weight is 100 g/mol. The van der Waals surface area contributed by atoms with E-state index in [0.29, 0.717) is 12.2 Å². The molecule has 2 nitrogen and oxygen atoms in total. The topological polar surface area (TPSA) is 21.8 Å². The maximum atomic E-state index is 5.14. The lowest BCUT2D eigenvalue weighted by atomic mass is 10.1. The van der Waals surface area contributed by atoms with Crippen LogP contribution in [0.3, 0.4) is 0 Å². The Morgan fingerprint density at radius 1 is 1.43 bits per heavy atom. The second-order valence-electron chi connectivity index (χ2n) is 2.05. The summed E-state index contributed by atoms with van der Waals surface area (Å²) in [5, 5.41) is 0. The van der Waals surface area contributed by atoms with Crippen LogP contribution in [0.2, 0.25) is 0 Å². The molecule has 2 aliphatic rings. The Morgan fingerprint density at radius 2 is 2.29 bits per heavy atom. The summed E-state index contributed by atoms with van der Waals surface area (Å²) in [6, 6.07) is 0. The van der Waals surface area contributed by atoms with Crippen LogP contribution in [0.25, 0.3) is 0 Å². The van der Waals surface area contributed by atoms with E-state index in [-0.39, 0.29) is 6.29 Å². The van der Waals surface area contributed by atoms with Gasteiger partial charge in [0.15, 0.2) is 6.29 Å². The van der Waals surface area contributed by atoms with Crippen LogP contribution < -0.4 is 0 Å². The molecule has 0 N–H and O–H groups in total. The van der Waals surface area contributed by atoms with E-state index in [0.717, 1.165) is 6.42 Å². The van der Waals surface area contributed by atoms with Gasteiger partial charge in [-0.25, -0.2) is 0 Å². The fourth-order valence-corrected chi connectivity index (χ4v) is 0.971. The second-order valence-corrected chi connectivity index (χ2v) is 2.05. The molecule has 7 heavy (non-hydrogen) atoms. The maximum Gasteiger partial charge on any atom is 0.187 e. The van der Waals surface area contributed by atoms with Crippen molar-refractivity contribution in [3.8, 4) is 0 Å². The minimum absolute atomic E-state index is 0.213. The summed E-state index contributed by atoms with van der Waals surface area (Å²) in [6.07, 6.45) is 2.24. The number of hydrogen-bond donors (Lipinski definition) is 0. The van der Waals surface area contributed by atoms with Crippen molar-refractivity contribution in [1.82, 2.24) is 0 Å². The van der Waals surface area contributed by atoms with Gasteiger partial charge in [0.25, 0.3) is 0 Å². The van der Waals surface area contributed by atoms with E-state index in [1.54, 1.807) is 0 Å². The largest absolute Gasteiger partial charge is 0.344 e. The predicted octanol–water partition coefficient (Wildman–Crippen LogP) is 0.520. The Kier molecular flexibility index (Phi) is 0.557. The Morgan fingerprint density at radius 3 is 2.43 bits per heavy atom. The molecule has 2 saturated heterocycles. The Labute approximate surface area is 42.4 Å². The molecule has 0 aromatic heterocycles. The van der Waals surface area contributed by atoms with Gasteiger partial charge < -0.3 is 9.47 Å². The van der Waals surface area contributed by atoms with Crippen LogP contribution in [0.1, 0.15) is 13.3 Å². The molecule has 2 aliphatic heterocycles. The molecule has 2 rings (SSSR count). The molecule has 2 fully saturated rings. The molecule has 3 unspecified atom stereocenters. The predicted molar refractivity (Wildman–Crippen MR) is 23.8 cm³/mol. The van der Waals surface area contributed by atoms with E-state index in [1.165, 1.54) is 0 Å². The zero-order valence-corrected chi connectivity index (χ0v) is 4.26. The molecule has 0 aliphatic carbocycles. The van der Waals surface area contributed by atoms with E-state index >= 15 is 0 Å². The van der Waals surface area contributed by atoms with Crippen molar-refractivity contribution in [3.63, 3.8) is 0 Å². The summed E-state index contributed by atoms with van der Waals surface area (Å²) >= 11 is 0. The first-order chi connectivity index (χ1) is 3.42. The van der Waals surface area contributed by atoms with Crippen LogP contribution in [-0.4, -0.2) is 18.5 Å². The lowest BCUT2D eigenvalue weighted by molar-refractivity contribution is -0.0434. The zero-order chi connectivity index (χ0) is 4.85. The van der Waals surface area contributed by atoms with Gasteiger partial charge in [0, 0.05) is 0 Å². The van der Waals surface area contributed by atoms with Crippen molar-refractivity contribution in [2.45, 2.75) is 31.8 Å². The molecule has 40 valence electrons. The van der Waals surface area contributed by atoms with Crippen molar-refractivity contribution in [1.29, 1.82) is 0 Å². The zero-order valence-electron chi connectivity index (χ0n) is 4.26. The maximum absolute atomic E-state index is 5.14. The first-order valence-electron chi connectivity index (χ1n) is 2.72. The highest BCUT2D eigenvalue weighted by atomic mass is 16.8. The monoisotopic (exact) mass is 100 g/mol. The van der Waals surface area contributed by atoms with Crippen LogP contribution >= 0.6 is 0 Å². The first-order valence-corrected chi connectivity index (χ1v) is 2.72. The quantitative estimate of drug-likeness (QED) is 0.448. The lowest BCUT2D eigenvalue weighted by Gasteiger charge is -2.17. The highest BCUT2D eigenvalue weighted by Gasteiger charge is 2.57. The van der Waals surface area contributed by atoms with Crippen molar-refractivity contribution in [2.75, 3.05) is 0 Å². The number of rotatable bonds is 1. The summed E-state index contributed by atoms with van der Waals surface area (Å²) < 4.78 is 10.1. The first kappa shape index (κ1) is 3.87. The van der Waals surface area contributed by atoms with E-state index in [2.05, 4.69) is 6.92 Å². The lowest BCUT2D eigenvalue weighted by Crippen LogP contribution is -2.32. The van der Waals surface area contributed by atoms with Gasteiger partial charge in [-0.05, 0) is 6.42 Å². The minimum atomic E-state index is 0.213. The standard InChI is InChI=1S/C5H8O2/c1-2-3-4-5(6-3)7-4/h3-5H,2H2,1H3. The van der Waals surface area contributed by atoms with Crippen molar-refractivity contribution >= 4 is 0 Å². The normalized spacial score (nSPS) is 55.3. The smallest absolute Gasteiger partial charge is 0.187 e. The summed E-state index contributed by atoms with van der Waals surface area (Å²) in [5.74, 6) is 0. The molecule has 0 bridgehead atoms. The third-order valence-electron chi connectivity index (χ3n) is 1.56. The average Bonchev–Trinajstić information content (AvgIpc) is 2.18. The van der Waals surface area contributed by atoms with Gasteiger partial charge in [-0.1, -0.05) is 6.92 Å². The fraction of sp³-hybridized carbons (Fsp3) is 1.00. The molecule has 0 radical (unpaired) electrons. The van der Waals surface area contributed by atoms with Gasteiger partial charge in [-0.3, -0.25) is 0 Å². The Balaban J connectivity index is 1.92. The molecule has 0 amide bonds. The third-order valence-corrected chi connectivity index (χ3v) is 1.56. The van der Waals surface area contributed by atoms with E-state index in [9.17, 15) is 0 Å².